The monoisotopic (exact) mass is 363 g/mol. The average molecular weight is 363 g/mol. The summed E-state index contributed by atoms with van der Waals surface area (Å²) >= 11 is 0. The van der Waals surface area contributed by atoms with Crippen LogP contribution < -0.4 is 10.5 Å². The fourth-order valence-corrected chi connectivity index (χ4v) is 3.06. The second kappa shape index (κ2) is 7.73. The Bertz CT molecular complexity index is 978. The van der Waals surface area contributed by atoms with E-state index in [1.54, 1.807) is 13.2 Å². The SMILES string of the molecule is COC(C)(C)CCOc1c(N)cc(C#N)n1Cc1cccc2ccccc12. The number of nitriles is 1. The largest absolute Gasteiger partial charge is 0.477 e. The molecule has 0 saturated carbocycles. The van der Waals surface area contributed by atoms with E-state index < -0.39 is 0 Å². The molecule has 5 nitrogen and oxygen atoms in total. The summed E-state index contributed by atoms with van der Waals surface area (Å²) in [5, 5.41) is 11.9. The molecule has 1 aromatic heterocycles. The molecule has 1 heterocycles. The molecular weight excluding hydrogens is 338 g/mol. The fourth-order valence-electron chi connectivity index (χ4n) is 3.06. The highest BCUT2D eigenvalue weighted by molar-refractivity contribution is 5.85. The third-order valence-corrected chi connectivity index (χ3v) is 4.89. The van der Waals surface area contributed by atoms with Gasteiger partial charge in [-0.1, -0.05) is 42.5 Å². The van der Waals surface area contributed by atoms with Crippen molar-refractivity contribution in [2.45, 2.75) is 32.4 Å². The number of hydrogen-bond acceptors (Lipinski definition) is 4. The minimum atomic E-state index is -0.278. The molecule has 0 bridgehead atoms. The zero-order valence-corrected chi connectivity index (χ0v) is 16.0. The van der Waals surface area contributed by atoms with Gasteiger partial charge < -0.3 is 15.2 Å². The molecule has 0 fully saturated rings. The third-order valence-electron chi connectivity index (χ3n) is 4.89. The lowest BCUT2D eigenvalue weighted by Crippen LogP contribution is -2.25. The highest BCUT2D eigenvalue weighted by Gasteiger charge is 2.19. The molecule has 3 aromatic rings. The van der Waals surface area contributed by atoms with Crippen molar-refractivity contribution in [3.63, 3.8) is 0 Å². The van der Waals surface area contributed by atoms with Crippen molar-refractivity contribution in [1.82, 2.24) is 4.57 Å². The first-order chi connectivity index (χ1) is 12.9. The summed E-state index contributed by atoms with van der Waals surface area (Å²) in [6.07, 6.45) is 0.713. The Morgan fingerprint density at radius 1 is 1.15 bits per heavy atom. The lowest BCUT2D eigenvalue weighted by molar-refractivity contribution is 0.00485. The Kier molecular flexibility index (Phi) is 5.38. The Morgan fingerprint density at radius 3 is 2.63 bits per heavy atom. The van der Waals surface area contributed by atoms with Crippen LogP contribution in [0.4, 0.5) is 5.69 Å². The lowest BCUT2D eigenvalue weighted by atomic mass is 10.0. The summed E-state index contributed by atoms with van der Waals surface area (Å²) in [6.45, 7) is 4.99. The van der Waals surface area contributed by atoms with Crippen LogP contribution in [0.15, 0.2) is 48.5 Å². The average Bonchev–Trinajstić information content (AvgIpc) is 2.97. The lowest BCUT2D eigenvalue weighted by Gasteiger charge is -2.23. The molecule has 140 valence electrons. The summed E-state index contributed by atoms with van der Waals surface area (Å²) in [5.41, 5.74) is 7.94. The number of ether oxygens (including phenoxy) is 2. The van der Waals surface area contributed by atoms with E-state index >= 15 is 0 Å². The third kappa shape index (κ3) is 4.07. The normalized spacial score (nSPS) is 11.5. The van der Waals surface area contributed by atoms with Crippen LogP contribution in [0.3, 0.4) is 0 Å². The Balaban J connectivity index is 1.91. The first-order valence-corrected chi connectivity index (χ1v) is 8.99. The number of nitrogens with zero attached hydrogens (tertiary/aromatic N) is 2. The van der Waals surface area contributed by atoms with Gasteiger partial charge in [0.2, 0.25) is 5.88 Å². The van der Waals surface area contributed by atoms with Crippen LogP contribution in [0.2, 0.25) is 0 Å². The second-order valence-electron chi connectivity index (χ2n) is 7.19. The first-order valence-electron chi connectivity index (χ1n) is 8.99. The van der Waals surface area contributed by atoms with Crippen LogP contribution in [-0.4, -0.2) is 23.9 Å². The highest BCUT2D eigenvalue weighted by Crippen LogP contribution is 2.30. The van der Waals surface area contributed by atoms with E-state index in [0.717, 1.165) is 16.3 Å². The molecule has 0 radical (unpaired) electrons. The zero-order chi connectivity index (χ0) is 19.4. The van der Waals surface area contributed by atoms with Crippen molar-refractivity contribution in [3.8, 4) is 11.9 Å². The van der Waals surface area contributed by atoms with Crippen molar-refractivity contribution < 1.29 is 9.47 Å². The maximum atomic E-state index is 9.54. The van der Waals surface area contributed by atoms with Gasteiger partial charge in [0.15, 0.2) is 0 Å². The first kappa shape index (κ1) is 18.8. The van der Waals surface area contributed by atoms with Gasteiger partial charge in [-0.25, -0.2) is 0 Å². The van der Waals surface area contributed by atoms with Gasteiger partial charge in [-0.05, 0) is 30.2 Å². The number of methoxy groups -OCH3 is 1. The number of nitrogen functional groups attached to an aromatic ring is 1. The van der Waals surface area contributed by atoms with E-state index in [2.05, 4.69) is 30.3 Å². The number of anilines is 1. The van der Waals surface area contributed by atoms with E-state index in [0.29, 0.717) is 36.8 Å². The van der Waals surface area contributed by atoms with Gasteiger partial charge in [0.05, 0.1) is 24.4 Å². The van der Waals surface area contributed by atoms with Gasteiger partial charge in [0.1, 0.15) is 11.8 Å². The van der Waals surface area contributed by atoms with E-state index in [-0.39, 0.29) is 5.60 Å². The molecule has 5 heteroatoms. The summed E-state index contributed by atoms with van der Waals surface area (Å²) in [5.74, 6) is 0.534. The molecule has 2 N–H and O–H groups in total. The molecule has 2 aromatic carbocycles. The second-order valence-corrected chi connectivity index (χ2v) is 7.19. The summed E-state index contributed by atoms with van der Waals surface area (Å²) in [6, 6.07) is 18.3. The quantitative estimate of drug-likeness (QED) is 0.678. The molecule has 0 atom stereocenters. The van der Waals surface area contributed by atoms with Crippen LogP contribution in [0.1, 0.15) is 31.5 Å². The molecule has 0 aliphatic carbocycles. The van der Waals surface area contributed by atoms with Crippen LogP contribution in [-0.2, 0) is 11.3 Å². The predicted octanol–water partition coefficient (Wildman–Crippen LogP) is 4.34. The van der Waals surface area contributed by atoms with Gasteiger partial charge in [-0.2, -0.15) is 5.26 Å². The van der Waals surface area contributed by atoms with Crippen molar-refractivity contribution in [1.29, 1.82) is 5.26 Å². The van der Waals surface area contributed by atoms with Crippen molar-refractivity contribution in [3.05, 3.63) is 59.8 Å². The Morgan fingerprint density at radius 2 is 1.89 bits per heavy atom. The maximum Gasteiger partial charge on any atom is 0.218 e. The van der Waals surface area contributed by atoms with Crippen molar-refractivity contribution in [2.75, 3.05) is 19.5 Å². The number of fused-ring (bicyclic) bond motifs is 1. The number of nitrogens with two attached hydrogens (primary N) is 1. The van der Waals surface area contributed by atoms with Crippen LogP contribution in [0.5, 0.6) is 5.88 Å². The number of rotatable bonds is 7. The number of benzene rings is 2. The molecule has 0 spiro atoms. The summed E-state index contributed by atoms with van der Waals surface area (Å²) in [4.78, 5) is 0. The molecule has 27 heavy (non-hydrogen) atoms. The molecule has 0 saturated heterocycles. The number of aromatic nitrogens is 1. The summed E-state index contributed by atoms with van der Waals surface area (Å²) in [7, 11) is 1.69. The Hall–Kier alpha value is -2.97. The molecule has 0 aliphatic heterocycles. The smallest absolute Gasteiger partial charge is 0.218 e. The molecular formula is C22H25N3O2. The van der Waals surface area contributed by atoms with Gasteiger partial charge in [-0.15, -0.1) is 0 Å². The van der Waals surface area contributed by atoms with Gasteiger partial charge in [0.25, 0.3) is 0 Å². The molecule has 3 rings (SSSR count). The standard InChI is InChI=1S/C22H25N3O2/c1-22(2,26-3)11-12-27-21-20(24)13-18(14-23)25(21)15-17-9-6-8-16-7-4-5-10-19(16)17/h4-10,13H,11-12,15,24H2,1-3H3. The van der Waals surface area contributed by atoms with E-state index in [1.807, 2.05) is 36.6 Å². The van der Waals surface area contributed by atoms with Crippen LogP contribution >= 0.6 is 0 Å². The van der Waals surface area contributed by atoms with Crippen LogP contribution in [0.25, 0.3) is 10.8 Å². The zero-order valence-electron chi connectivity index (χ0n) is 16.0. The van der Waals surface area contributed by atoms with Crippen LogP contribution in [0, 0.1) is 11.3 Å². The van der Waals surface area contributed by atoms with Gasteiger partial charge in [0, 0.05) is 19.6 Å². The topological polar surface area (TPSA) is 73.2 Å². The minimum Gasteiger partial charge on any atom is -0.477 e. The predicted molar refractivity (Wildman–Crippen MR) is 108 cm³/mol. The van der Waals surface area contributed by atoms with Crippen molar-refractivity contribution in [2.24, 2.45) is 0 Å². The summed E-state index contributed by atoms with van der Waals surface area (Å²) < 4.78 is 13.3. The highest BCUT2D eigenvalue weighted by atomic mass is 16.5. The number of hydrogen-bond donors (Lipinski definition) is 1. The molecule has 0 unspecified atom stereocenters. The van der Waals surface area contributed by atoms with Gasteiger partial charge in [-0.3, -0.25) is 4.57 Å². The fraction of sp³-hybridized carbons (Fsp3) is 0.318. The molecule has 0 aliphatic rings. The molecule has 0 amide bonds. The van der Waals surface area contributed by atoms with Gasteiger partial charge >= 0.3 is 0 Å². The Labute approximate surface area is 159 Å². The maximum absolute atomic E-state index is 9.54. The minimum absolute atomic E-state index is 0.278. The van der Waals surface area contributed by atoms with E-state index in [4.69, 9.17) is 15.2 Å². The van der Waals surface area contributed by atoms with Crippen molar-refractivity contribution >= 4 is 16.5 Å². The van der Waals surface area contributed by atoms with E-state index in [9.17, 15) is 5.26 Å². The van der Waals surface area contributed by atoms with E-state index in [1.165, 1.54) is 0 Å².